The standard InChI is InChI=1S/C25H25N3O/c26-21-12-10-18(11-13-21)16-28-15-14-20(17-28)25(19-6-2-1-3-7-19)22-8-4-5-9-23(22)27-24(25)29/h1-13,20H,14-17,26H2,(H,27,29)/t20-,25?/m1/s1. The van der Waals surface area contributed by atoms with Crippen LogP contribution in [0.4, 0.5) is 11.4 Å². The Hall–Kier alpha value is -3.11. The Labute approximate surface area is 171 Å². The minimum Gasteiger partial charge on any atom is -0.399 e. The number of hydrogen-bond donors (Lipinski definition) is 2. The Morgan fingerprint density at radius 3 is 2.48 bits per heavy atom. The Bertz CT molecular complexity index is 1030. The third kappa shape index (κ3) is 2.91. The van der Waals surface area contributed by atoms with Crippen LogP contribution in [0.25, 0.3) is 0 Å². The predicted octanol–water partition coefficient (Wildman–Crippen LogP) is 4.03. The van der Waals surface area contributed by atoms with Gasteiger partial charge in [0.15, 0.2) is 0 Å². The highest BCUT2D eigenvalue weighted by molar-refractivity contribution is 6.09. The van der Waals surface area contributed by atoms with E-state index in [0.717, 1.165) is 48.6 Å². The van der Waals surface area contributed by atoms with E-state index in [9.17, 15) is 4.79 Å². The number of carbonyl (C=O) groups excluding carboxylic acids is 1. The van der Waals surface area contributed by atoms with Crippen LogP contribution in [-0.2, 0) is 16.8 Å². The molecule has 1 amide bonds. The van der Waals surface area contributed by atoms with Crippen molar-refractivity contribution < 1.29 is 4.79 Å². The maximum Gasteiger partial charge on any atom is 0.239 e. The van der Waals surface area contributed by atoms with E-state index in [4.69, 9.17) is 5.73 Å². The second-order valence-corrected chi connectivity index (χ2v) is 8.14. The fraction of sp³-hybridized carbons (Fsp3) is 0.240. The minimum absolute atomic E-state index is 0.101. The number of para-hydroxylation sites is 1. The molecule has 0 aliphatic carbocycles. The number of nitrogens with zero attached hydrogens (tertiary/aromatic N) is 1. The number of rotatable bonds is 4. The third-order valence-electron chi connectivity index (χ3n) is 6.46. The van der Waals surface area contributed by atoms with Gasteiger partial charge in [-0.25, -0.2) is 0 Å². The van der Waals surface area contributed by atoms with E-state index in [-0.39, 0.29) is 11.8 Å². The van der Waals surface area contributed by atoms with Crippen LogP contribution in [0, 0.1) is 5.92 Å². The smallest absolute Gasteiger partial charge is 0.239 e. The zero-order valence-corrected chi connectivity index (χ0v) is 16.3. The molecule has 5 rings (SSSR count). The first-order valence-electron chi connectivity index (χ1n) is 10.2. The zero-order chi connectivity index (χ0) is 19.8. The van der Waals surface area contributed by atoms with Crippen LogP contribution in [-0.4, -0.2) is 23.9 Å². The number of fused-ring (bicyclic) bond motifs is 1. The molecule has 2 heterocycles. The van der Waals surface area contributed by atoms with Gasteiger partial charge in [-0.3, -0.25) is 9.69 Å². The lowest BCUT2D eigenvalue weighted by Crippen LogP contribution is -2.44. The van der Waals surface area contributed by atoms with Crippen LogP contribution in [0.2, 0.25) is 0 Å². The van der Waals surface area contributed by atoms with Crippen molar-refractivity contribution in [3.8, 4) is 0 Å². The molecule has 2 atom stereocenters. The van der Waals surface area contributed by atoms with E-state index in [2.05, 4.69) is 40.5 Å². The van der Waals surface area contributed by atoms with E-state index in [1.165, 1.54) is 5.56 Å². The van der Waals surface area contributed by atoms with Crippen LogP contribution in [0.5, 0.6) is 0 Å². The molecule has 1 unspecified atom stereocenters. The van der Waals surface area contributed by atoms with Crippen molar-refractivity contribution in [3.05, 3.63) is 95.6 Å². The summed E-state index contributed by atoms with van der Waals surface area (Å²) in [6, 6.07) is 26.5. The molecule has 2 aliphatic rings. The minimum atomic E-state index is -0.631. The van der Waals surface area contributed by atoms with E-state index in [0.29, 0.717) is 0 Å². The maximum atomic E-state index is 13.5. The monoisotopic (exact) mass is 383 g/mol. The number of nitrogens with two attached hydrogens (primary N) is 1. The van der Waals surface area contributed by atoms with E-state index in [1.54, 1.807) is 0 Å². The average molecular weight is 383 g/mol. The number of anilines is 2. The highest BCUT2D eigenvalue weighted by Crippen LogP contribution is 2.50. The number of nitrogens with one attached hydrogen (secondary N) is 1. The van der Waals surface area contributed by atoms with Crippen LogP contribution < -0.4 is 11.1 Å². The van der Waals surface area contributed by atoms with Gasteiger partial charge in [0.1, 0.15) is 5.41 Å². The second-order valence-electron chi connectivity index (χ2n) is 8.14. The summed E-state index contributed by atoms with van der Waals surface area (Å²) in [5, 5.41) is 3.16. The molecule has 0 aromatic heterocycles. The topological polar surface area (TPSA) is 58.4 Å². The summed E-state index contributed by atoms with van der Waals surface area (Å²) in [7, 11) is 0. The molecule has 3 aromatic carbocycles. The number of amides is 1. The molecular formula is C25H25N3O. The average Bonchev–Trinajstić information content (AvgIpc) is 3.32. The summed E-state index contributed by atoms with van der Waals surface area (Å²) in [5.41, 5.74) is 10.4. The molecular weight excluding hydrogens is 358 g/mol. The summed E-state index contributed by atoms with van der Waals surface area (Å²) in [4.78, 5) is 16.0. The first-order chi connectivity index (χ1) is 14.2. The van der Waals surface area contributed by atoms with Crippen molar-refractivity contribution in [2.75, 3.05) is 24.1 Å². The number of hydrogen-bond acceptors (Lipinski definition) is 3. The van der Waals surface area contributed by atoms with E-state index >= 15 is 0 Å². The SMILES string of the molecule is Nc1ccc(CN2CC[C@@H](C3(c4ccccc4)C(=O)Nc4ccccc43)C2)cc1. The predicted molar refractivity (Wildman–Crippen MR) is 117 cm³/mol. The lowest BCUT2D eigenvalue weighted by atomic mass is 9.66. The van der Waals surface area contributed by atoms with Gasteiger partial charge in [-0.1, -0.05) is 60.7 Å². The third-order valence-corrected chi connectivity index (χ3v) is 6.46. The van der Waals surface area contributed by atoms with Gasteiger partial charge in [-0.2, -0.15) is 0 Å². The van der Waals surface area contributed by atoms with Gasteiger partial charge in [-0.05, 0) is 53.8 Å². The number of likely N-dealkylation sites (tertiary alicyclic amines) is 1. The molecule has 29 heavy (non-hydrogen) atoms. The Morgan fingerprint density at radius 2 is 1.69 bits per heavy atom. The quantitative estimate of drug-likeness (QED) is 0.669. The fourth-order valence-corrected chi connectivity index (χ4v) is 5.12. The first-order valence-corrected chi connectivity index (χ1v) is 10.2. The van der Waals surface area contributed by atoms with Gasteiger partial charge in [0, 0.05) is 24.5 Å². The number of nitrogen functional groups attached to an aromatic ring is 1. The fourth-order valence-electron chi connectivity index (χ4n) is 5.12. The van der Waals surface area contributed by atoms with Gasteiger partial charge >= 0.3 is 0 Å². The largest absolute Gasteiger partial charge is 0.399 e. The number of carbonyl (C=O) groups is 1. The zero-order valence-electron chi connectivity index (χ0n) is 16.3. The molecule has 0 radical (unpaired) electrons. The van der Waals surface area contributed by atoms with Crippen molar-refractivity contribution in [3.63, 3.8) is 0 Å². The molecule has 2 aliphatic heterocycles. The Balaban J connectivity index is 1.51. The van der Waals surface area contributed by atoms with Gasteiger partial charge in [0.05, 0.1) is 0 Å². The van der Waals surface area contributed by atoms with Crippen molar-refractivity contribution in [1.82, 2.24) is 4.90 Å². The summed E-state index contributed by atoms with van der Waals surface area (Å²) in [6.07, 6.45) is 0.992. The van der Waals surface area contributed by atoms with Crippen molar-refractivity contribution >= 4 is 17.3 Å². The summed E-state index contributed by atoms with van der Waals surface area (Å²) >= 11 is 0. The first kappa shape index (κ1) is 18.0. The van der Waals surface area contributed by atoms with Crippen molar-refractivity contribution in [2.24, 2.45) is 5.92 Å². The summed E-state index contributed by atoms with van der Waals surface area (Å²) in [5.74, 6) is 0.326. The molecule has 3 N–H and O–H groups in total. The van der Waals surface area contributed by atoms with Gasteiger partial charge < -0.3 is 11.1 Å². The van der Waals surface area contributed by atoms with Crippen molar-refractivity contribution in [2.45, 2.75) is 18.4 Å². The normalized spacial score (nSPS) is 23.7. The van der Waals surface area contributed by atoms with Crippen LogP contribution >= 0.6 is 0 Å². The van der Waals surface area contributed by atoms with Crippen LogP contribution in [0.15, 0.2) is 78.9 Å². The van der Waals surface area contributed by atoms with Crippen LogP contribution in [0.3, 0.4) is 0 Å². The van der Waals surface area contributed by atoms with Gasteiger partial charge in [0.2, 0.25) is 5.91 Å². The van der Waals surface area contributed by atoms with Gasteiger partial charge in [0.25, 0.3) is 0 Å². The molecule has 0 bridgehead atoms. The maximum absolute atomic E-state index is 13.5. The molecule has 3 aromatic rings. The second kappa shape index (κ2) is 7.05. The molecule has 4 heteroatoms. The van der Waals surface area contributed by atoms with Gasteiger partial charge in [-0.15, -0.1) is 0 Å². The van der Waals surface area contributed by atoms with E-state index in [1.807, 2.05) is 48.5 Å². The van der Waals surface area contributed by atoms with Crippen LogP contribution in [0.1, 0.15) is 23.1 Å². The Kier molecular flexibility index (Phi) is 4.36. The highest BCUT2D eigenvalue weighted by Gasteiger charge is 2.54. The molecule has 1 fully saturated rings. The lowest BCUT2D eigenvalue weighted by Gasteiger charge is -2.34. The molecule has 0 spiro atoms. The molecule has 1 saturated heterocycles. The summed E-state index contributed by atoms with van der Waals surface area (Å²) in [6.45, 7) is 2.75. The van der Waals surface area contributed by atoms with Crippen molar-refractivity contribution in [1.29, 1.82) is 0 Å². The molecule has 4 nitrogen and oxygen atoms in total. The molecule has 146 valence electrons. The number of benzene rings is 3. The van der Waals surface area contributed by atoms with E-state index < -0.39 is 5.41 Å². The molecule has 0 saturated carbocycles. The Morgan fingerprint density at radius 1 is 0.966 bits per heavy atom. The summed E-state index contributed by atoms with van der Waals surface area (Å²) < 4.78 is 0. The highest BCUT2D eigenvalue weighted by atomic mass is 16.2. The lowest BCUT2D eigenvalue weighted by molar-refractivity contribution is -0.121.